The number of likely N-dealkylation sites (tertiary alicyclic amines) is 1. The SMILES string of the molecule is COC(=O)C1CCN(CCc2ccc([N+](=O)[O-])cc2)C1. The summed E-state index contributed by atoms with van der Waals surface area (Å²) in [6, 6.07) is 6.62. The number of rotatable bonds is 5. The molecule has 1 aromatic rings. The minimum Gasteiger partial charge on any atom is -0.469 e. The van der Waals surface area contributed by atoms with Gasteiger partial charge in [-0.25, -0.2) is 0 Å². The molecule has 1 saturated heterocycles. The maximum Gasteiger partial charge on any atom is 0.310 e. The van der Waals surface area contributed by atoms with Crippen LogP contribution >= 0.6 is 0 Å². The molecule has 0 radical (unpaired) electrons. The van der Waals surface area contributed by atoms with Crippen molar-refractivity contribution in [2.24, 2.45) is 5.92 Å². The van der Waals surface area contributed by atoms with E-state index < -0.39 is 4.92 Å². The van der Waals surface area contributed by atoms with Gasteiger partial charge in [0.25, 0.3) is 5.69 Å². The van der Waals surface area contributed by atoms with Crippen LogP contribution in [0.3, 0.4) is 0 Å². The minimum absolute atomic E-state index is 0.0168. The van der Waals surface area contributed by atoms with Crippen LogP contribution in [0.4, 0.5) is 5.69 Å². The largest absolute Gasteiger partial charge is 0.469 e. The Kier molecular flexibility index (Phi) is 4.68. The lowest BCUT2D eigenvalue weighted by atomic mass is 10.1. The van der Waals surface area contributed by atoms with E-state index in [1.807, 2.05) is 0 Å². The summed E-state index contributed by atoms with van der Waals surface area (Å²) in [5, 5.41) is 10.6. The van der Waals surface area contributed by atoms with Gasteiger partial charge in [0.1, 0.15) is 0 Å². The number of ether oxygens (including phenoxy) is 1. The fourth-order valence-electron chi connectivity index (χ4n) is 2.47. The van der Waals surface area contributed by atoms with Crippen LogP contribution in [-0.2, 0) is 16.0 Å². The van der Waals surface area contributed by atoms with Crippen molar-refractivity contribution in [1.82, 2.24) is 4.90 Å². The number of nitrogens with zero attached hydrogens (tertiary/aromatic N) is 2. The highest BCUT2D eigenvalue weighted by Crippen LogP contribution is 2.18. The fraction of sp³-hybridized carbons (Fsp3) is 0.500. The molecule has 2 rings (SSSR count). The van der Waals surface area contributed by atoms with E-state index in [2.05, 4.69) is 4.90 Å². The van der Waals surface area contributed by atoms with Crippen molar-refractivity contribution in [3.8, 4) is 0 Å². The normalized spacial score (nSPS) is 18.9. The van der Waals surface area contributed by atoms with Crippen LogP contribution in [0.5, 0.6) is 0 Å². The first-order chi connectivity index (χ1) is 9.60. The number of hydrogen-bond donors (Lipinski definition) is 0. The van der Waals surface area contributed by atoms with E-state index in [0.717, 1.165) is 38.0 Å². The van der Waals surface area contributed by atoms with E-state index in [0.29, 0.717) is 0 Å². The van der Waals surface area contributed by atoms with E-state index in [1.54, 1.807) is 12.1 Å². The maximum atomic E-state index is 11.4. The Bertz CT molecular complexity index is 486. The lowest BCUT2D eigenvalue weighted by Crippen LogP contribution is -2.25. The summed E-state index contributed by atoms with van der Waals surface area (Å²) in [6.45, 7) is 2.48. The summed E-state index contributed by atoms with van der Waals surface area (Å²) in [7, 11) is 1.42. The maximum absolute atomic E-state index is 11.4. The average molecular weight is 278 g/mol. The summed E-state index contributed by atoms with van der Waals surface area (Å²) in [4.78, 5) is 23.8. The van der Waals surface area contributed by atoms with Gasteiger partial charge in [-0.1, -0.05) is 12.1 Å². The van der Waals surface area contributed by atoms with Crippen LogP contribution in [0.1, 0.15) is 12.0 Å². The van der Waals surface area contributed by atoms with Crippen molar-refractivity contribution in [2.45, 2.75) is 12.8 Å². The van der Waals surface area contributed by atoms with Crippen LogP contribution in [0.25, 0.3) is 0 Å². The average Bonchev–Trinajstić information content (AvgIpc) is 2.93. The van der Waals surface area contributed by atoms with Gasteiger partial charge in [0.05, 0.1) is 18.0 Å². The first-order valence-electron chi connectivity index (χ1n) is 6.63. The lowest BCUT2D eigenvalue weighted by Gasteiger charge is -2.15. The number of nitro benzene ring substituents is 1. The van der Waals surface area contributed by atoms with Crippen LogP contribution in [0.2, 0.25) is 0 Å². The lowest BCUT2D eigenvalue weighted by molar-refractivity contribution is -0.384. The number of non-ortho nitro benzene ring substituents is 1. The molecule has 6 nitrogen and oxygen atoms in total. The van der Waals surface area contributed by atoms with Gasteiger partial charge < -0.3 is 9.64 Å². The molecule has 0 aliphatic carbocycles. The number of carbonyl (C=O) groups is 1. The van der Waals surface area contributed by atoms with Gasteiger partial charge >= 0.3 is 5.97 Å². The Morgan fingerprint density at radius 2 is 2.15 bits per heavy atom. The van der Waals surface area contributed by atoms with Crippen molar-refractivity contribution in [3.63, 3.8) is 0 Å². The number of hydrogen-bond acceptors (Lipinski definition) is 5. The first kappa shape index (κ1) is 14.5. The highest BCUT2D eigenvalue weighted by Gasteiger charge is 2.28. The molecule has 1 fully saturated rings. The molecule has 0 saturated carbocycles. The predicted molar refractivity (Wildman–Crippen MR) is 73.4 cm³/mol. The van der Waals surface area contributed by atoms with E-state index in [4.69, 9.17) is 4.74 Å². The highest BCUT2D eigenvalue weighted by molar-refractivity contribution is 5.72. The van der Waals surface area contributed by atoms with E-state index in [-0.39, 0.29) is 17.6 Å². The molecule has 1 aliphatic heterocycles. The van der Waals surface area contributed by atoms with Gasteiger partial charge in [-0.3, -0.25) is 14.9 Å². The Balaban J connectivity index is 1.81. The predicted octanol–water partition coefficient (Wildman–Crippen LogP) is 1.63. The zero-order chi connectivity index (χ0) is 14.5. The van der Waals surface area contributed by atoms with Crippen LogP contribution in [-0.4, -0.2) is 42.5 Å². The van der Waals surface area contributed by atoms with Crippen molar-refractivity contribution in [2.75, 3.05) is 26.7 Å². The fourth-order valence-corrected chi connectivity index (χ4v) is 2.47. The molecular weight excluding hydrogens is 260 g/mol. The molecular formula is C14H18N2O4. The Hall–Kier alpha value is -1.95. The summed E-state index contributed by atoms with van der Waals surface area (Å²) in [6.07, 6.45) is 1.67. The molecule has 1 heterocycles. The van der Waals surface area contributed by atoms with Crippen molar-refractivity contribution >= 4 is 11.7 Å². The monoisotopic (exact) mass is 278 g/mol. The molecule has 108 valence electrons. The molecule has 1 aromatic carbocycles. The highest BCUT2D eigenvalue weighted by atomic mass is 16.6. The van der Waals surface area contributed by atoms with Gasteiger partial charge in [-0.15, -0.1) is 0 Å². The second-order valence-corrected chi connectivity index (χ2v) is 4.98. The summed E-state index contributed by atoms with van der Waals surface area (Å²) < 4.78 is 4.75. The molecule has 0 spiro atoms. The number of benzene rings is 1. The molecule has 20 heavy (non-hydrogen) atoms. The Morgan fingerprint density at radius 1 is 1.45 bits per heavy atom. The quantitative estimate of drug-likeness (QED) is 0.465. The van der Waals surface area contributed by atoms with Gasteiger partial charge in [-0.05, 0) is 24.9 Å². The second kappa shape index (κ2) is 6.47. The van der Waals surface area contributed by atoms with Crippen LogP contribution in [0, 0.1) is 16.0 Å². The third-order valence-electron chi connectivity index (χ3n) is 3.67. The molecule has 0 bridgehead atoms. The summed E-state index contributed by atoms with van der Waals surface area (Å²) >= 11 is 0. The summed E-state index contributed by atoms with van der Waals surface area (Å²) in [5.74, 6) is -0.153. The van der Waals surface area contributed by atoms with E-state index in [1.165, 1.54) is 19.2 Å². The molecule has 1 atom stereocenters. The van der Waals surface area contributed by atoms with Crippen molar-refractivity contribution in [3.05, 3.63) is 39.9 Å². The standard InChI is InChI=1S/C14H18N2O4/c1-20-14(17)12-7-9-15(10-12)8-6-11-2-4-13(5-3-11)16(18)19/h2-5,12H,6-10H2,1H3. The number of methoxy groups -OCH3 is 1. The molecule has 0 N–H and O–H groups in total. The minimum atomic E-state index is -0.398. The number of nitro groups is 1. The van der Waals surface area contributed by atoms with Gasteiger partial charge in [0, 0.05) is 25.2 Å². The zero-order valence-electron chi connectivity index (χ0n) is 11.4. The third-order valence-corrected chi connectivity index (χ3v) is 3.67. The smallest absolute Gasteiger partial charge is 0.310 e. The zero-order valence-corrected chi connectivity index (χ0v) is 11.4. The molecule has 0 aromatic heterocycles. The van der Waals surface area contributed by atoms with E-state index >= 15 is 0 Å². The topological polar surface area (TPSA) is 72.7 Å². The third kappa shape index (κ3) is 3.54. The van der Waals surface area contributed by atoms with Crippen molar-refractivity contribution < 1.29 is 14.5 Å². The number of carbonyl (C=O) groups excluding carboxylic acids is 1. The first-order valence-corrected chi connectivity index (χ1v) is 6.63. The van der Waals surface area contributed by atoms with Gasteiger partial charge in [0.15, 0.2) is 0 Å². The Morgan fingerprint density at radius 3 is 2.75 bits per heavy atom. The molecule has 6 heteroatoms. The molecule has 1 aliphatic rings. The van der Waals surface area contributed by atoms with Crippen LogP contribution in [0.15, 0.2) is 24.3 Å². The van der Waals surface area contributed by atoms with E-state index in [9.17, 15) is 14.9 Å². The van der Waals surface area contributed by atoms with Gasteiger partial charge in [-0.2, -0.15) is 0 Å². The second-order valence-electron chi connectivity index (χ2n) is 4.98. The molecule has 1 unspecified atom stereocenters. The van der Waals surface area contributed by atoms with Crippen molar-refractivity contribution in [1.29, 1.82) is 0 Å². The summed E-state index contributed by atoms with van der Waals surface area (Å²) in [5.41, 5.74) is 1.18. The van der Waals surface area contributed by atoms with Gasteiger partial charge in [0.2, 0.25) is 0 Å². The molecule has 0 amide bonds. The Labute approximate surface area is 117 Å². The van der Waals surface area contributed by atoms with Crippen LogP contribution < -0.4 is 0 Å². The number of esters is 1.